The van der Waals surface area contributed by atoms with Crippen LogP contribution in [0.25, 0.3) is 0 Å². The standard InChI is InChI=1S/C19H25FN2O2/c1-4-6-16(13(3)5-2)22-18(24)19(11-12-19)17(23)21-15-9-7-14(20)8-10-15/h5,7-10,16H,4,6,11-12H2,1-3H3,(H,21,23)(H,22,24). The third kappa shape index (κ3) is 4.02. The average Bonchev–Trinajstić information content (AvgIpc) is 3.37. The Morgan fingerprint density at radius 2 is 1.88 bits per heavy atom. The minimum Gasteiger partial charge on any atom is -0.349 e. The molecule has 1 aromatic carbocycles. The number of carbonyl (C=O) groups is 2. The molecular formula is C19H25FN2O2. The summed E-state index contributed by atoms with van der Waals surface area (Å²) in [5.74, 6) is -0.905. The minimum absolute atomic E-state index is 0.0383. The zero-order chi connectivity index (χ0) is 17.7. The van der Waals surface area contributed by atoms with Gasteiger partial charge < -0.3 is 10.6 Å². The van der Waals surface area contributed by atoms with Crippen LogP contribution in [0, 0.1) is 11.2 Å². The number of amides is 2. The van der Waals surface area contributed by atoms with Crippen molar-refractivity contribution >= 4 is 17.5 Å². The summed E-state index contributed by atoms with van der Waals surface area (Å²) in [4.78, 5) is 25.2. The van der Waals surface area contributed by atoms with Crippen LogP contribution in [0.2, 0.25) is 0 Å². The highest BCUT2D eigenvalue weighted by Gasteiger charge is 2.56. The van der Waals surface area contributed by atoms with E-state index in [9.17, 15) is 14.0 Å². The smallest absolute Gasteiger partial charge is 0.240 e. The number of benzene rings is 1. The number of allylic oxidation sites excluding steroid dienone is 1. The fourth-order valence-corrected chi connectivity index (χ4v) is 2.67. The van der Waals surface area contributed by atoms with Crippen molar-refractivity contribution < 1.29 is 14.0 Å². The summed E-state index contributed by atoms with van der Waals surface area (Å²) in [6.07, 6.45) is 4.86. The van der Waals surface area contributed by atoms with Crippen molar-refractivity contribution in [3.05, 3.63) is 41.7 Å². The predicted octanol–water partition coefficient (Wildman–Crippen LogP) is 3.80. The van der Waals surface area contributed by atoms with Crippen molar-refractivity contribution in [1.29, 1.82) is 0 Å². The SMILES string of the molecule is CC=C(C)C(CCC)NC(=O)C1(C(=O)Nc2ccc(F)cc2)CC1. The summed E-state index contributed by atoms with van der Waals surface area (Å²) in [7, 11) is 0. The Labute approximate surface area is 142 Å². The van der Waals surface area contributed by atoms with E-state index in [1.807, 2.05) is 19.9 Å². The first-order chi connectivity index (χ1) is 11.4. The van der Waals surface area contributed by atoms with Gasteiger partial charge in [-0.2, -0.15) is 0 Å². The summed E-state index contributed by atoms with van der Waals surface area (Å²) in [5.41, 5.74) is 0.601. The summed E-state index contributed by atoms with van der Waals surface area (Å²) in [5, 5.41) is 5.74. The average molecular weight is 332 g/mol. The molecular weight excluding hydrogens is 307 g/mol. The normalized spacial score (nSPS) is 17.1. The molecule has 0 aromatic heterocycles. The molecule has 0 aliphatic heterocycles. The van der Waals surface area contributed by atoms with Crippen molar-refractivity contribution in [2.45, 2.75) is 52.5 Å². The lowest BCUT2D eigenvalue weighted by molar-refractivity contribution is -0.134. The lowest BCUT2D eigenvalue weighted by atomic mass is 10.00. The van der Waals surface area contributed by atoms with Gasteiger partial charge in [-0.25, -0.2) is 4.39 Å². The maximum absolute atomic E-state index is 12.9. The highest BCUT2D eigenvalue weighted by Crippen LogP contribution is 2.47. The molecule has 24 heavy (non-hydrogen) atoms. The fourth-order valence-electron chi connectivity index (χ4n) is 2.67. The number of carbonyl (C=O) groups excluding carboxylic acids is 2. The van der Waals surface area contributed by atoms with E-state index in [2.05, 4.69) is 17.6 Å². The first kappa shape index (κ1) is 18.2. The summed E-state index contributed by atoms with van der Waals surface area (Å²) in [6.45, 7) is 5.99. The molecule has 1 unspecified atom stereocenters. The van der Waals surface area contributed by atoms with Gasteiger partial charge in [-0.05, 0) is 57.4 Å². The number of hydrogen-bond donors (Lipinski definition) is 2. The van der Waals surface area contributed by atoms with Gasteiger partial charge in [-0.1, -0.05) is 25.0 Å². The van der Waals surface area contributed by atoms with Crippen molar-refractivity contribution in [1.82, 2.24) is 5.32 Å². The highest BCUT2D eigenvalue weighted by molar-refractivity contribution is 6.13. The van der Waals surface area contributed by atoms with Crippen LogP contribution >= 0.6 is 0 Å². The lowest BCUT2D eigenvalue weighted by Gasteiger charge is -2.22. The zero-order valence-corrected chi connectivity index (χ0v) is 14.5. The van der Waals surface area contributed by atoms with Gasteiger partial charge in [0.1, 0.15) is 11.2 Å². The van der Waals surface area contributed by atoms with Gasteiger partial charge in [0.15, 0.2) is 0 Å². The van der Waals surface area contributed by atoms with Crippen LogP contribution in [0.1, 0.15) is 46.5 Å². The monoisotopic (exact) mass is 332 g/mol. The molecule has 1 aromatic rings. The van der Waals surface area contributed by atoms with Crippen molar-refractivity contribution in [3.63, 3.8) is 0 Å². The lowest BCUT2D eigenvalue weighted by Crippen LogP contribution is -2.45. The van der Waals surface area contributed by atoms with Crippen molar-refractivity contribution in [2.24, 2.45) is 5.41 Å². The van der Waals surface area contributed by atoms with Gasteiger partial charge in [0.05, 0.1) is 0 Å². The van der Waals surface area contributed by atoms with Gasteiger partial charge in [-0.15, -0.1) is 0 Å². The first-order valence-electron chi connectivity index (χ1n) is 8.43. The van der Waals surface area contributed by atoms with Crippen molar-refractivity contribution in [2.75, 3.05) is 5.32 Å². The molecule has 0 saturated heterocycles. The molecule has 1 fully saturated rings. The Kier molecular flexibility index (Phi) is 5.75. The van der Waals surface area contributed by atoms with Crippen LogP contribution in [0.3, 0.4) is 0 Å². The molecule has 0 bridgehead atoms. The largest absolute Gasteiger partial charge is 0.349 e. The summed E-state index contributed by atoms with van der Waals surface area (Å²) >= 11 is 0. The number of anilines is 1. The molecule has 0 heterocycles. The topological polar surface area (TPSA) is 58.2 Å². The Balaban J connectivity index is 2.04. The molecule has 1 aliphatic carbocycles. The Bertz CT molecular complexity index is 633. The predicted molar refractivity (Wildman–Crippen MR) is 93.0 cm³/mol. The molecule has 0 radical (unpaired) electrons. The van der Waals surface area contributed by atoms with E-state index in [-0.39, 0.29) is 23.7 Å². The van der Waals surface area contributed by atoms with Gasteiger partial charge in [0.25, 0.3) is 0 Å². The first-order valence-corrected chi connectivity index (χ1v) is 8.43. The van der Waals surface area contributed by atoms with Crippen LogP contribution in [0.4, 0.5) is 10.1 Å². The third-order valence-corrected chi connectivity index (χ3v) is 4.61. The second kappa shape index (κ2) is 7.60. The Morgan fingerprint density at radius 3 is 2.38 bits per heavy atom. The van der Waals surface area contributed by atoms with E-state index in [0.29, 0.717) is 18.5 Å². The maximum atomic E-state index is 12.9. The van der Waals surface area contributed by atoms with Crippen molar-refractivity contribution in [3.8, 4) is 0 Å². The molecule has 1 saturated carbocycles. The number of nitrogens with one attached hydrogen (secondary N) is 2. The molecule has 0 spiro atoms. The van der Waals surface area contributed by atoms with Gasteiger partial charge in [0, 0.05) is 11.7 Å². The van der Waals surface area contributed by atoms with Crippen LogP contribution in [-0.2, 0) is 9.59 Å². The van der Waals surface area contributed by atoms with Crippen LogP contribution < -0.4 is 10.6 Å². The Morgan fingerprint density at radius 1 is 1.25 bits per heavy atom. The molecule has 2 amide bonds. The van der Waals surface area contributed by atoms with E-state index >= 15 is 0 Å². The highest BCUT2D eigenvalue weighted by atomic mass is 19.1. The number of rotatable bonds is 7. The molecule has 5 heteroatoms. The summed E-state index contributed by atoms with van der Waals surface area (Å²) in [6, 6.07) is 5.50. The molecule has 1 aliphatic rings. The van der Waals surface area contributed by atoms with E-state index in [0.717, 1.165) is 18.4 Å². The quantitative estimate of drug-likeness (QED) is 0.589. The number of halogens is 1. The van der Waals surface area contributed by atoms with E-state index in [4.69, 9.17) is 0 Å². The number of hydrogen-bond acceptors (Lipinski definition) is 2. The second-order valence-corrected chi connectivity index (χ2v) is 6.39. The van der Waals surface area contributed by atoms with E-state index in [1.54, 1.807) is 0 Å². The van der Waals surface area contributed by atoms with E-state index in [1.165, 1.54) is 24.3 Å². The van der Waals surface area contributed by atoms with E-state index < -0.39 is 5.41 Å². The van der Waals surface area contributed by atoms with Crippen LogP contribution in [-0.4, -0.2) is 17.9 Å². The van der Waals surface area contributed by atoms with Gasteiger partial charge >= 0.3 is 0 Å². The molecule has 2 N–H and O–H groups in total. The molecule has 130 valence electrons. The third-order valence-electron chi connectivity index (χ3n) is 4.61. The minimum atomic E-state index is -0.992. The van der Waals surface area contributed by atoms with Gasteiger partial charge in [-0.3, -0.25) is 9.59 Å². The zero-order valence-electron chi connectivity index (χ0n) is 14.5. The fraction of sp³-hybridized carbons (Fsp3) is 0.474. The molecule has 4 nitrogen and oxygen atoms in total. The van der Waals surface area contributed by atoms with Gasteiger partial charge in [0.2, 0.25) is 11.8 Å². The second-order valence-electron chi connectivity index (χ2n) is 6.39. The van der Waals surface area contributed by atoms with Crippen LogP contribution in [0.15, 0.2) is 35.9 Å². The summed E-state index contributed by atoms with van der Waals surface area (Å²) < 4.78 is 12.9. The van der Waals surface area contributed by atoms with Crippen LogP contribution in [0.5, 0.6) is 0 Å². The molecule has 1 atom stereocenters. The Hall–Kier alpha value is -2.17. The molecule has 2 rings (SSSR count). The maximum Gasteiger partial charge on any atom is 0.240 e.